The molecule has 0 radical (unpaired) electrons. The van der Waals surface area contributed by atoms with E-state index in [9.17, 15) is 9.59 Å². The van der Waals surface area contributed by atoms with Crippen LogP contribution in [0.4, 0.5) is 4.79 Å². The number of hydrogen-bond donors (Lipinski definition) is 2. The molecule has 7 nitrogen and oxygen atoms in total. The molecule has 29 heavy (non-hydrogen) atoms. The fourth-order valence-electron chi connectivity index (χ4n) is 3.75. The van der Waals surface area contributed by atoms with Crippen molar-refractivity contribution in [1.29, 1.82) is 0 Å². The van der Waals surface area contributed by atoms with Crippen LogP contribution < -0.4 is 5.32 Å². The number of imidazole rings is 1. The number of aryl methyl sites for hydroxylation is 1. The zero-order valence-electron chi connectivity index (χ0n) is 18.3. The molecule has 1 aliphatic rings. The maximum Gasteiger partial charge on any atom is 0.408 e. The van der Waals surface area contributed by atoms with Crippen LogP contribution in [0.15, 0.2) is 18.2 Å². The zero-order chi connectivity index (χ0) is 21.4. The molecule has 0 bridgehead atoms. The Kier molecular flexibility index (Phi) is 5.61. The number of carbonyl (C=O) groups excluding carboxylic acids is 2. The van der Waals surface area contributed by atoms with Gasteiger partial charge < -0.3 is 19.9 Å². The number of hydrogen-bond acceptors (Lipinski definition) is 4. The van der Waals surface area contributed by atoms with Gasteiger partial charge in [0.15, 0.2) is 0 Å². The third kappa shape index (κ3) is 5.28. The van der Waals surface area contributed by atoms with E-state index in [0.717, 1.165) is 29.7 Å². The quantitative estimate of drug-likeness (QED) is 0.804. The summed E-state index contributed by atoms with van der Waals surface area (Å²) in [4.78, 5) is 35.2. The van der Waals surface area contributed by atoms with Crippen LogP contribution in [0.5, 0.6) is 0 Å². The second-order valence-corrected chi connectivity index (χ2v) is 9.58. The minimum atomic E-state index is -0.711. The number of aromatic nitrogens is 2. The van der Waals surface area contributed by atoms with E-state index in [1.807, 2.05) is 58.6 Å². The van der Waals surface area contributed by atoms with Crippen molar-refractivity contribution in [1.82, 2.24) is 20.2 Å². The lowest BCUT2D eigenvalue weighted by molar-refractivity contribution is -0.133. The van der Waals surface area contributed by atoms with E-state index in [2.05, 4.69) is 16.4 Å². The van der Waals surface area contributed by atoms with Crippen molar-refractivity contribution in [2.24, 2.45) is 0 Å². The van der Waals surface area contributed by atoms with Gasteiger partial charge in [-0.3, -0.25) is 4.79 Å². The average Bonchev–Trinajstić information content (AvgIpc) is 3.17. The molecule has 1 aromatic heterocycles. The Morgan fingerprint density at radius 2 is 2.00 bits per heavy atom. The highest BCUT2D eigenvalue weighted by molar-refractivity contribution is 5.80. The molecule has 1 saturated heterocycles. The van der Waals surface area contributed by atoms with E-state index in [4.69, 9.17) is 9.72 Å². The second kappa shape index (κ2) is 7.69. The summed E-state index contributed by atoms with van der Waals surface area (Å²) in [5.74, 6) is 0.833. The minimum absolute atomic E-state index is 0.00481. The van der Waals surface area contributed by atoms with Crippen molar-refractivity contribution in [3.8, 4) is 0 Å². The molecule has 1 unspecified atom stereocenters. The van der Waals surface area contributed by atoms with Crippen LogP contribution in [-0.4, -0.2) is 44.6 Å². The second-order valence-electron chi connectivity index (χ2n) is 9.58. The highest BCUT2D eigenvalue weighted by Crippen LogP contribution is 2.33. The molecule has 1 atom stereocenters. The van der Waals surface area contributed by atoms with Gasteiger partial charge in [-0.2, -0.15) is 0 Å². The highest BCUT2D eigenvalue weighted by atomic mass is 16.6. The predicted molar refractivity (Wildman–Crippen MR) is 113 cm³/mol. The molecule has 2 heterocycles. The van der Waals surface area contributed by atoms with Gasteiger partial charge in [0, 0.05) is 18.5 Å². The number of aromatic amines is 1. The molecule has 0 spiro atoms. The van der Waals surface area contributed by atoms with Crippen molar-refractivity contribution < 1.29 is 14.3 Å². The Balaban J connectivity index is 1.69. The lowest BCUT2D eigenvalue weighted by Gasteiger charge is -2.31. The van der Waals surface area contributed by atoms with Crippen molar-refractivity contribution in [3.63, 3.8) is 0 Å². The standard InChI is InChI=1S/C22H32N4O3/c1-14-9-10-15-16(12-14)24-19(23-15)17-8-7-11-26(17)18(27)13-22(5,6)25-20(28)29-21(2,3)4/h9-10,12,17H,7-8,11,13H2,1-6H3,(H,23,24)(H,25,28). The van der Waals surface area contributed by atoms with Crippen LogP contribution in [0, 0.1) is 6.92 Å². The molecular formula is C22H32N4O3. The molecule has 3 rings (SSSR count). The largest absolute Gasteiger partial charge is 0.444 e. The van der Waals surface area contributed by atoms with Gasteiger partial charge in [0.05, 0.1) is 17.1 Å². The molecule has 0 aliphatic carbocycles. The molecule has 1 aromatic carbocycles. The van der Waals surface area contributed by atoms with Gasteiger partial charge in [0.1, 0.15) is 11.4 Å². The number of fused-ring (bicyclic) bond motifs is 1. The first-order chi connectivity index (χ1) is 13.4. The van der Waals surface area contributed by atoms with Crippen molar-refractivity contribution in [3.05, 3.63) is 29.6 Å². The summed E-state index contributed by atoms with van der Waals surface area (Å²) in [6.07, 6.45) is 1.50. The summed E-state index contributed by atoms with van der Waals surface area (Å²) < 4.78 is 5.32. The predicted octanol–water partition coefficient (Wildman–Crippen LogP) is 4.23. The van der Waals surface area contributed by atoms with Crippen LogP contribution in [0.1, 0.15) is 71.3 Å². The Labute approximate surface area is 172 Å². The van der Waals surface area contributed by atoms with Crippen molar-refractivity contribution in [2.75, 3.05) is 6.54 Å². The number of nitrogens with zero attached hydrogens (tertiary/aromatic N) is 2. The van der Waals surface area contributed by atoms with Gasteiger partial charge >= 0.3 is 6.09 Å². The number of likely N-dealkylation sites (tertiary alicyclic amines) is 1. The maximum atomic E-state index is 13.1. The molecule has 7 heteroatoms. The summed E-state index contributed by atoms with van der Waals surface area (Å²) >= 11 is 0. The van der Waals surface area contributed by atoms with Gasteiger partial charge in [-0.05, 0) is 72.1 Å². The Morgan fingerprint density at radius 1 is 1.28 bits per heavy atom. The third-order valence-electron chi connectivity index (χ3n) is 4.98. The van der Waals surface area contributed by atoms with Gasteiger partial charge in [-0.15, -0.1) is 0 Å². The molecular weight excluding hydrogens is 368 g/mol. The minimum Gasteiger partial charge on any atom is -0.444 e. The fourth-order valence-corrected chi connectivity index (χ4v) is 3.75. The van der Waals surface area contributed by atoms with Crippen LogP contribution >= 0.6 is 0 Å². The molecule has 1 fully saturated rings. The normalized spacial score (nSPS) is 17.6. The topological polar surface area (TPSA) is 87.3 Å². The van der Waals surface area contributed by atoms with Crippen LogP contribution in [0.25, 0.3) is 11.0 Å². The van der Waals surface area contributed by atoms with Gasteiger partial charge in [0.2, 0.25) is 5.91 Å². The van der Waals surface area contributed by atoms with E-state index >= 15 is 0 Å². The number of H-pyrrole nitrogens is 1. The molecule has 2 N–H and O–H groups in total. The number of rotatable bonds is 4. The van der Waals surface area contributed by atoms with Crippen LogP contribution in [0.3, 0.4) is 0 Å². The summed E-state index contributed by atoms with van der Waals surface area (Å²) in [6, 6.07) is 6.04. The molecule has 2 aromatic rings. The van der Waals surface area contributed by atoms with E-state index in [1.165, 1.54) is 5.56 Å². The Bertz CT molecular complexity index is 910. The van der Waals surface area contributed by atoms with Crippen molar-refractivity contribution in [2.45, 2.75) is 78.0 Å². The number of nitrogens with one attached hydrogen (secondary N) is 2. The molecule has 158 valence electrons. The zero-order valence-corrected chi connectivity index (χ0v) is 18.3. The van der Waals surface area contributed by atoms with Gasteiger partial charge in [0.25, 0.3) is 0 Å². The summed E-state index contributed by atoms with van der Waals surface area (Å²) in [5.41, 5.74) is 1.78. The van der Waals surface area contributed by atoms with Gasteiger partial charge in [-0.1, -0.05) is 6.07 Å². The SMILES string of the molecule is Cc1ccc2nc(C3CCCN3C(=O)CC(C)(C)NC(=O)OC(C)(C)C)[nH]c2c1. The van der Waals surface area contributed by atoms with E-state index in [1.54, 1.807) is 0 Å². The lowest BCUT2D eigenvalue weighted by atomic mass is 9.99. The van der Waals surface area contributed by atoms with Crippen molar-refractivity contribution >= 4 is 23.0 Å². The van der Waals surface area contributed by atoms with Crippen LogP contribution in [0.2, 0.25) is 0 Å². The van der Waals surface area contributed by atoms with Crippen LogP contribution in [-0.2, 0) is 9.53 Å². The first-order valence-corrected chi connectivity index (χ1v) is 10.2. The maximum absolute atomic E-state index is 13.1. The Morgan fingerprint density at radius 3 is 2.69 bits per heavy atom. The smallest absolute Gasteiger partial charge is 0.408 e. The van der Waals surface area contributed by atoms with E-state index in [-0.39, 0.29) is 18.4 Å². The number of amides is 2. The average molecular weight is 401 g/mol. The Hall–Kier alpha value is -2.57. The first-order valence-electron chi connectivity index (χ1n) is 10.2. The summed E-state index contributed by atoms with van der Waals surface area (Å²) in [6.45, 7) is 11.9. The summed E-state index contributed by atoms with van der Waals surface area (Å²) in [7, 11) is 0. The number of alkyl carbamates (subject to hydrolysis) is 1. The monoisotopic (exact) mass is 400 g/mol. The first kappa shape index (κ1) is 21.1. The van der Waals surface area contributed by atoms with E-state index in [0.29, 0.717) is 6.54 Å². The van der Waals surface area contributed by atoms with Gasteiger partial charge in [-0.25, -0.2) is 9.78 Å². The molecule has 2 amide bonds. The third-order valence-corrected chi connectivity index (χ3v) is 4.98. The highest BCUT2D eigenvalue weighted by Gasteiger charge is 2.35. The molecule has 0 saturated carbocycles. The number of benzene rings is 1. The van der Waals surface area contributed by atoms with E-state index < -0.39 is 17.2 Å². The molecule has 1 aliphatic heterocycles. The number of ether oxygens (including phenoxy) is 1. The number of carbonyl (C=O) groups is 2. The fraction of sp³-hybridized carbons (Fsp3) is 0.591. The lowest BCUT2D eigenvalue weighted by Crippen LogP contribution is -2.49. The summed E-state index contributed by atoms with van der Waals surface area (Å²) in [5, 5.41) is 2.82.